The largest absolute Gasteiger partial charge is 0.354 e. The predicted octanol–water partition coefficient (Wildman–Crippen LogP) is 4.92. The highest BCUT2D eigenvalue weighted by Gasteiger charge is 2.16. The van der Waals surface area contributed by atoms with Crippen LogP contribution in [0.1, 0.15) is 29.5 Å². The molecule has 0 radical (unpaired) electrons. The fraction of sp³-hybridized carbons (Fsp3) is 0.250. The van der Waals surface area contributed by atoms with Gasteiger partial charge in [-0.25, -0.2) is 4.39 Å². The molecule has 3 aromatic rings. The summed E-state index contributed by atoms with van der Waals surface area (Å²) < 4.78 is 13.6. The van der Waals surface area contributed by atoms with Gasteiger partial charge in [-0.15, -0.1) is 0 Å². The number of aromatic amines is 1. The van der Waals surface area contributed by atoms with E-state index in [0.29, 0.717) is 0 Å². The second-order valence-corrected chi connectivity index (χ2v) is 6.19. The van der Waals surface area contributed by atoms with Crippen molar-refractivity contribution in [1.29, 1.82) is 5.26 Å². The van der Waals surface area contributed by atoms with Gasteiger partial charge in [-0.05, 0) is 72.2 Å². The van der Waals surface area contributed by atoms with E-state index in [9.17, 15) is 9.65 Å². The molecule has 0 saturated carbocycles. The highest BCUT2D eigenvalue weighted by atomic mass is 19.1. The number of aromatic nitrogens is 1. The van der Waals surface area contributed by atoms with Crippen LogP contribution in [-0.2, 0) is 19.3 Å². The van der Waals surface area contributed by atoms with Crippen LogP contribution < -0.4 is 0 Å². The molecule has 0 unspecified atom stereocenters. The number of hydrogen-bond donors (Lipinski definition) is 1. The Bertz CT molecular complexity index is 931. The Morgan fingerprint density at radius 3 is 2.70 bits per heavy atom. The number of hydrogen-bond acceptors (Lipinski definition) is 1. The Morgan fingerprint density at radius 2 is 1.87 bits per heavy atom. The van der Waals surface area contributed by atoms with Gasteiger partial charge in [-0.3, -0.25) is 0 Å². The zero-order chi connectivity index (χ0) is 15.8. The number of rotatable bonds is 2. The summed E-state index contributed by atoms with van der Waals surface area (Å²) in [7, 11) is 0. The maximum Gasteiger partial charge on any atom is 0.123 e. The lowest BCUT2D eigenvalue weighted by Crippen LogP contribution is -2.02. The quantitative estimate of drug-likeness (QED) is 0.717. The monoisotopic (exact) mass is 304 g/mol. The summed E-state index contributed by atoms with van der Waals surface area (Å²) in [5, 5.41) is 9.98. The van der Waals surface area contributed by atoms with Crippen LogP contribution in [0.25, 0.3) is 22.2 Å². The molecule has 2 nitrogen and oxygen atoms in total. The van der Waals surface area contributed by atoms with Crippen LogP contribution in [-0.4, -0.2) is 4.98 Å². The number of halogens is 1. The molecule has 0 aliphatic heterocycles. The van der Waals surface area contributed by atoms with Crippen molar-refractivity contribution >= 4 is 10.9 Å². The third kappa shape index (κ3) is 2.41. The van der Waals surface area contributed by atoms with Crippen LogP contribution >= 0.6 is 0 Å². The first-order chi connectivity index (χ1) is 11.3. The molecule has 3 heteroatoms. The van der Waals surface area contributed by atoms with Crippen LogP contribution in [0.4, 0.5) is 4.39 Å². The zero-order valence-corrected chi connectivity index (χ0v) is 12.8. The predicted molar refractivity (Wildman–Crippen MR) is 89.7 cm³/mol. The molecule has 0 atom stereocenters. The van der Waals surface area contributed by atoms with Gasteiger partial charge in [0.25, 0.3) is 0 Å². The van der Waals surface area contributed by atoms with Crippen molar-refractivity contribution < 1.29 is 4.39 Å². The third-order valence-electron chi connectivity index (χ3n) is 4.76. The van der Waals surface area contributed by atoms with Gasteiger partial charge in [0.2, 0.25) is 0 Å². The Hall–Kier alpha value is -2.60. The summed E-state index contributed by atoms with van der Waals surface area (Å²) in [6.07, 6.45) is 5.04. The van der Waals surface area contributed by atoms with E-state index in [4.69, 9.17) is 0 Å². The van der Waals surface area contributed by atoms with Gasteiger partial charge in [-0.2, -0.15) is 5.26 Å². The van der Waals surface area contributed by atoms with E-state index in [0.717, 1.165) is 40.6 Å². The zero-order valence-electron chi connectivity index (χ0n) is 12.8. The van der Waals surface area contributed by atoms with Gasteiger partial charge in [-0.1, -0.05) is 12.1 Å². The minimum atomic E-state index is -0.271. The number of H-pyrrole nitrogens is 1. The molecule has 1 aliphatic carbocycles. The number of nitriles is 1. The summed E-state index contributed by atoms with van der Waals surface area (Å²) in [4.78, 5) is 3.38. The Balaban J connectivity index is 1.91. The molecular weight excluding hydrogens is 287 g/mol. The van der Waals surface area contributed by atoms with Crippen molar-refractivity contribution in [2.24, 2.45) is 0 Å². The van der Waals surface area contributed by atoms with Crippen molar-refractivity contribution in [3.63, 3.8) is 0 Å². The lowest BCUT2D eigenvalue weighted by atomic mass is 9.89. The summed E-state index contributed by atoms with van der Waals surface area (Å²) in [5.74, 6) is -0.271. The van der Waals surface area contributed by atoms with Gasteiger partial charge in [0, 0.05) is 10.9 Å². The molecule has 0 spiro atoms. The van der Waals surface area contributed by atoms with Crippen LogP contribution in [0.3, 0.4) is 0 Å². The fourth-order valence-electron chi connectivity index (χ4n) is 3.62. The van der Waals surface area contributed by atoms with E-state index in [1.54, 1.807) is 6.07 Å². The van der Waals surface area contributed by atoms with Crippen LogP contribution in [0.5, 0.6) is 0 Å². The molecule has 4 rings (SSSR count). The van der Waals surface area contributed by atoms with Gasteiger partial charge >= 0.3 is 0 Å². The fourth-order valence-corrected chi connectivity index (χ4v) is 3.62. The van der Waals surface area contributed by atoms with Gasteiger partial charge in [0.1, 0.15) is 5.82 Å². The van der Waals surface area contributed by atoms with Gasteiger partial charge < -0.3 is 4.98 Å². The summed E-state index contributed by atoms with van der Waals surface area (Å²) >= 11 is 0. The maximum absolute atomic E-state index is 13.6. The molecule has 0 saturated heterocycles. The third-order valence-corrected chi connectivity index (χ3v) is 4.76. The van der Waals surface area contributed by atoms with Gasteiger partial charge in [0.05, 0.1) is 18.2 Å². The van der Waals surface area contributed by atoms with E-state index in [2.05, 4.69) is 29.3 Å². The van der Waals surface area contributed by atoms with E-state index in [1.807, 2.05) is 0 Å². The number of nitrogens with zero attached hydrogens (tertiary/aromatic N) is 1. The topological polar surface area (TPSA) is 39.6 Å². The average molecular weight is 304 g/mol. The number of aryl methyl sites for hydroxylation is 2. The first-order valence-electron chi connectivity index (χ1n) is 8.05. The minimum Gasteiger partial charge on any atom is -0.354 e. The normalized spacial score (nSPS) is 13.7. The highest BCUT2D eigenvalue weighted by molar-refractivity contribution is 5.91. The Morgan fingerprint density at radius 1 is 1.04 bits per heavy atom. The molecular formula is C20H17FN2. The SMILES string of the molecule is N#CCc1c(-c2ccc3c(c2)CCCC3)[nH]c2ccc(F)cc12. The molecule has 23 heavy (non-hydrogen) atoms. The molecule has 114 valence electrons. The number of fused-ring (bicyclic) bond motifs is 2. The van der Waals surface area contributed by atoms with Crippen molar-refractivity contribution in [3.05, 3.63) is 58.9 Å². The average Bonchev–Trinajstić information content (AvgIpc) is 2.93. The molecule has 1 aromatic heterocycles. The Labute approximate surface area is 134 Å². The van der Waals surface area contributed by atoms with E-state index >= 15 is 0 Å². The number of nitrogens with one attached hydrogen (secondary N) is 1. The molecule has 1 N–H and O–H groups in total. The van der Waals surface area contributed by atoms with Crippen molar-refractivity contribution in [3.8, 4) is 17.3 Å². The lowest BCUT2D eigenvalue weighted by molar-refractivity contribution is 0.629. The highest BCUT2D eigenvalue weighted by Crippen LogP contribution is 2.33. The first-order valence-corrected chi connectivity index (χ1v) is 8.05. The van der Waals surface area contributed by atoms with Crippen molar-refractivity contribution in [2.75, 3.05) is 0 Å². The molecule has 0 fully saturated rings. The van der Waals surface area contributed by atoms with Crippen molar-refractivity contribution in [2.45, 2.75) is 32.1 Å². The van der Waals surface area contributed by atoms with Crippen LogP contribution in [0, 0.1) is 17.1 Å². The second kappa shape index (κ2) is 5.55. The maximum atomic E-state index is 13.6. The van der Waals surface area contributed by atoms with Crippen molar-refractivity contribution in [1.82, 2.24) is 4.98 Å². The number of benzene rings is 2. The second-order valence-electron chi connectivity index (χ2n) is 6.19. The van der Waals surface area contributed by atoms with E-state index in [-0.39, 0.29) is 12.2 Å². The standard InChI is InChI=1S/C20H17FN2/c21-16-7-8-19-18(12-16)17(9-10-22)20(23-19)15-6-5-13-3-1-2-4-14(13)11-15/h5-8,11-12,23H,1-4,9H2. The van der Waals surface area contributed by atoms with Crippen LogP contribution in [0.15, 0.2) is 36.4 Å². The summed E-state index contributed by atoms with van der Waals surface area (Å²) in [6.45, 7) is 0. The van der Waals surface area contributed by atoms with E-state index in [1.165, 1.54) is 36.1 Å². The van der Waals surface area contributed by atoms with E-state index < -0.39 is 0 Å². The molecule has 1 heterocycles. The van der Waals surface area contributed by atoms with Gasteiger partial charge in [0.15, 0.2) is 0 Å². The lowest BCUT2D eigenvalue weighted by Gasteiger charge is -2.16. The molecule has 0 bridgehead atoms. The summed E-state index contributed by atoms with van der Waals surface area (Å²) in [5.41, 5.74) is 6.64. The first kappa shape index (κ1) is 14.0. The Kier molecular flexibility index (Phi) is 3.38. The molecule has 2 aromatic carbocycles. The van der Waals surface area contributed by atoms with Crippen LogP contribution in [0.2, 0.25) is 0 Å². The molecule has 1 aliphatic rings. The minimum absolute atomic E-state index is 0.271. The summed E-state index contributed by atoms with van der Waals surface area (Å²) in [6, 6.07) is 13.5. The molecule has 0 amide bonds. The smallest absolute Gasteiger partial charge is 0.123 e.